The van der Waals surface area contributed by atoms with Crippen molar-refractivity contribution in [2.24, 2.45) is 5.73 Å². The number of nitrogens with one attached hydrogen (secondary N) is 1. The summed E-state index contributed by atoms with van der Waals surface area (Å²) < 4.78 is 27.5. The summed E-state index contributed by atoms with van der Waals surface area (Å²) >= 11 is 0. The van der Waals surface area contributed by atoms with E-state index < -0.39 is 15.9 Å². The third-order valence-electron chi connectivity index (χ3n) is 2.85. The van der Waals surface area contributed by atoms with Crippen molar-refractivity contribution in [2.45, 2.75) is 23.9 Å². The van der Waals surface area contributed by atoms with Crippen LogP contribution >= 0.6 is 0 Å². The third kappa shape index (κ3) is 4.59. The molecule has 20 heavy (non-hydrogen) atoms. The highest BCUT2D eigenvalue weighted by molar-refractivity contribution is 7.90. The second-order valence-corrected chi connectivity index (χ2v) is 6.65. The van der Waals surface area contributed by atoms with Crippen LogP contribution < -0.4 is 11.1 Å². The standard InChI is InChI=1S/C13H20N2O4S/c1-9(15-13(16)12(14)8-19-2)10-4-6-11(7-5-10)20(3,17)18/h4-7,9,12H,8,14H2,1-3H3,(H,15,16). The third-order valence-corrected chi connectivity index (χ3v) is 3.98. The number of hydrogen-bond donors (Lipinski definition) is 2. The van der Waals surface area contributed by atoms with Gasteiger partial charge in [0.2, 0.25) is 5.91 Å². The molecule has 0 aliphatic rings. The van der Waals surface area contributed by atoms with Crippen LogP contribution in [-0.4, -0.2) is 40.3 Å². The summed E-state index contributed by atoms with van der Waals surface area (Å²) in [4.78, 5) is 12.0. The van der Waals surface area contributed by atoms with Crippen LogP contribution in [0.1, 0.15) is 18.5 Å². The zero-order valence-electron chi connectivity index (χ0n) is 11.8. The predicted molar refractivity (Wildman–Crippen MR) is 76.0 cm³/mol. The van der Waals surface area contributed by atoms with Crippen molar-refractivity contribution in [3.8, 4) is 0 Å². The SMILES string of the molecule is COCC(N)C(=O)NC(C)c1ccc(S(C)(=O)=O)cc1. The number of ether oxygens (including phenoxy) is 1. The monoisotopic (exact) mass is 300 g/mol. The second-order valence-electron chi connectivity index (χ2n) is 4.63. The van der Waals surface area contributed by atoms with Crippen LogP contribution in [0.25, 0.3) is 0 Å². The molecule has 0 saturated heterocycles. The summed E-state index contributed by atoms with van der Waals surface area (Å²) in [6.45, 7) is 1.94. The summed E-state index contributed by atoms with van der Waals surface area (Å²) in [5.41, 5.74) is 6.42. The van der Waals surface area contributed by atoms with E-state index in [0.717, 1.165) is 11.8 Å². The lowest BCUT2D eigenvalue weighted by atomic mass is 10.1. The van der Waals surface area contributed by atoms with E-state index in [1.807, 2.05) is 0 Å². The molecule has 0 heterocycles. The normalized spacial score (nSPS) is 14.6. The molecule has 2 unspecified atom stereocenters. The highest BCUT2D eigenvalue weighted by atomic mass is 32.2. The molecule has 1 aromatic rings. The van der Waals surface area contributed by atoms with Crippen molar-refractivity contribution in [3.63, 3.8) is 0 Å². The number of amides is 1. The fourth-order valence-electron chi connectivity index (χ4n) is 1.66. The largest absolute Gasteiger partial charge is 0.383 e. The van der Waals surface area contributed by atoms with Gasteiger partial charge in [0.25, 0.3) is 0 Å². The Kier molecular flexibility index (Phi) is 5.67. The Morgan fingerprint density at radius 1 is 1.35 bits per heavy atom. The lowest BCUT2D eigenvalue weighted by molar-refractivity contribution is -0.124. The smallest absolute Gasteiger partial charge is 0.239 e. The van der Waals surface area contributed by atoms with Crippen molar-refractivity contribution < 1.29 is 17.9 Å². The van der Waals surface area contributed by atoms with E-state index in [-0.39, 0.29) is 23.5 Å². The fraction of sp³-hybridized carbons (Fsp3) is 0.462. The van der Waals surface area contributed by atoms with E-state index in [9.17, 15) is 13.2 Å². The first-order chi connectivity index (χ1) is 9.25. The van der Waals surface area contributed by atoms with Crippen molar-refractivity contribution in [1.29, 1.82) is 0 Å². The molecule has 0 aliphatic heterocycles. The van der Waals surface area contributed by atoms with E-state index >= 15 is 0 Å². The van der Waals surface area contributed by atoms with Gasteiger partial charge in [0, 0.05) is 13.4 Å². The molecule has 6 nitrogen and oxygen atoms in total. The van der Waals surface area contributed by atoms with Crippen LogP contribution in [0.15, 0.2) is 29.2 Å². The van der Waals surface area contributed by atoms with Gasteiger partial charge >= 0.3 is 0 Å². The molecule has 1 amide bonds. The van der Waals surface area contributed by atoms with Crippen molar-refractivity contribution in [3.05, 3.63) is 29.8 Å². The van der Waals surface area contributed by atoms with Gasteiger partial charge in [-0.25, -0.2) is 8.42 Å². The number of rotatable bonds is 6. The molecule has 7 heteroatoms. The van der Waals surface area contributed by atoms with Crippen LogP contribution in [0.3, 0.4) is 0 Å². The minimum Gasteiger partial charge on any atom is -0.383 e. The lowest BCUT2D eigenvalue weighted by Gasteiger charge is -2.17. The van der Waals surface area contributed by atoms with Gasteiger partial charge in [-0.05, 0) is 24.6 Å². The number of nitrogens with two attached hydrogens (primary N) is 1. The van der Waals surface area contributed by atoms with E-state index in [4.69, 9.17) is 10.5 Å². The minimum absolute atomic E-state index is 0.144. The molecule has 2 atom stereocenters. The molecule has 0 aliphatic carbocycles. The molecule has 3 N–H and O–H groups in total. The lowest BCUT2D eigenvalue weighted by Crippen LogP contribution is -2.44. The second kappa shape index (κ2) is 6.83. The van der Waals surface area contributed by atoms with Gasteiger partial charge in [0.15, 0.2) is 9.84 Å². The topological polar surface area (TPSA) is 98.5 Å². The molecule has 1 aromatic carbocycles. The maximum absolute atomic E-state index is 11.7. The average molecular weight is 300 g/mol. The van der Waals surface area contributed by atoms with Crippen LogP contribution in [0.2, 0.25) is 0 Å². The van der Waals surface area contributed by atoms with Crippen molar-refractivity contribution in [2.75, 3.05) is 20.0 Å². The quantitative estimate of drug-likeness (QED) is 0.784. The van der Waals surface area contributed by atoms with Gasteiger partial charge < -0.3 is 15.8 Å². The van der Waals surface area contributed by atoms with Gasteiger partial charge in [0.1, 0.15) is 6.04 Å². The Labute approximate surface area is 119 Å². The van der Waals surface area contributed by atoms with Gasteiger partial charge in [-0.15, -0.1) is 0 Å². The van der Waals surface area contributed by atoms with E-state index in [1.165, 1.54) is 19.2 Å². The molecular weight excluding hydrogens is 280 g/mol. The number of hydrogen-bond acceptors (Lipinski definition) is 5. The van der Waals surface area contributed by atoms with Crippen molar-refractivity contribution >= 4 is 15.7 Å². The maximum Gasteiger partial charge on any atom is 0.239 e. The summed E-state index contributed by atoms with van der Waals surface area (Å²) in [6.07, 6.45) is 1.15. The van der Waals surface area contributed by atoms with Crippen LogP contribution in [0.5, 0.6) is 0 Å². The number of methoxy groups -OCH3 is 1. The van der Waals surface area contributed by atoms with Crippen LogP contribution in [0.4, 0.5) is 0 Å². The molecule has 0 radical (unpaired) electrons. The Hall–Kier alpha value is -1.44. The molecule has 0 aromatic heterocycles. The first-order valence-electron chi connectivity index (χ1n) is 6.10. The van der Waals surface area contributed by atoms with Gasteiger partial charge in [-0.1, -0.05) is 12.1 Å². The zero-order chi connectivity index (χ0) is 15.3. The number of benzene rings is 1. The highest BCUT2D eigenvalue weighted by Crippen LogP contribution is 2.16. The van der Waals surface area contributed by atoms with E-state index in [0.29, 0.717) is 0 Å². The molecule has 0 spiro atoms. The van der Waals surface area contributed by atoms with Gasteiger partial charge in [0.05, 0.1) is 17.5 Å². The summed E-state index contributed by atoms with van der Waals surface area (Å²) in [5.74, 6) is -0.313. The molecule has 0 fully saturated rings. The number of carbonyl (C=O) groups is 1. The first-order valence-corrected chi connectivity index (χ1v) is 7.99. The summed E-state index contributed by atoms with van der Waals surface area (Å²) in [6, 6.07) is 5.38. The summed E-state index contributed by atoms with van der Waals surface area (Å²) in [5, 5.41) is 2.75. The molecular formula is C13H20N2O4S. The molecule has 0 bridgehead atoms. The Balaban J connectivity index is 2.73. The van der Waals surface area contributed by atoms with Crippen LogP contribution in [0, 0.1) is 0 Å². The van der Waals surface area contributed by atoms with Crippen molar-refractivity contribution in [1.82, 2.24) is 5.32 Å². The maximum atomic E-state index is 11.7. The first kappa shape index (κ1) is 16.6. The zero-order valence-corrected chi connectivity index (χ0v) is 12.6. The van der Waals surface area contributed by atoms with E-state index in [1.54, 1.807) is 19.1 Å². The molecule has 112 valence electrons. The predicted octanol–water partition coefficient (Wildman–Crippen LogP) is 0.241. The minimum atomic E-state index is -3.21. The van der Waals surface area contributed by atoms with Gasteiger partial charge in [-0.3, -0.25) is 4.79 Å². The Morgan fingerprint density at radius 3 is 2.35 bits per heavy atom. The molecule has 1 rings (SSSR count). The highest BCUT2D eigenvalue weighted by Gasteiger charge is 2.16. The van der Waals surface area contributed by atoms with Gasteiger partial charge in [-0.2, -0.15) is 0 Å². The number of sulfone groups is 1. The number of carbonyl (C=O) groups excluding carboxylic acids is 1. The summed E-state index contributed by atoms with van der Waals surface area (Å²) in [7, 11) is -1.74. The van der Waals surface area contributed by atoms with E-state index in [2.05, 4.69) is 5.32 Å². The fourth-order valence-corrected chi connectivity index (χ4v) is 2.29. The molecule has 0 saturated carbocycles. The van der Waals surface area contributed by atoms with Crippen LogP contribution in [-0.2, 0) is 19.4 Å². The Morgan fingerprint density at radius 2 is 1.90 bits per heavy atom. The Bertz CT molecular complexity index is 554. The average Bonchev–Trinajstić information content (AvgIpc) is 2.38.